The fourth-order valence-electron chi connectivity index (χ4n) is 2.60. The number of nitro benzene ring substituents is 1. The van der Waals surface area contributed by atoms with Crippen LogP contribution in [0.3, 0.4) is 0 Å². The quantitative estimate of drug-likeness (QED) is 0.680. The van der Waals surface area contributed by atoms with Crippen LogP contribution in [0, 0.1) is 27.8 Å². The van der Waals surface area contributed by atoms with Crippen LogP contribution in [0.25, 0.3) is 0 Å². The Hall–Kier alpha value is -2.02. The number of piperidine rings is 1. The molecule has 0 bridgehead atoms. The number of likely N-dealkylation sites (tertiary alicyclic amines) is 1. The van der Waals surface area contributed by atoms with E-state index < -0.39 is 16.6 Å². The smallest absolute Gasteiger partial charge is 0.270 e. The molecule has 0 saturated carbocycles. The first-order valence-corrected chi connectivity index (χ1v) is 6.87. The minimum absolute atomic E-state index is 0.171. The predicted octanol–water partition coefficient (Wildman–Crippen LogP) is 1.79. The van der Waals surface area contributed by atoms with Gasteiger partial charge in [0.2, 0.25) is 0 Å². The molecule has 2 atom stereocenters. The fourth-order valence-corrected chi connectivity index (χ4v) is 2.60. The lowest BCUT2D eigenvalue weighted by atomic mass is 9.87. The minimum Gasteiger partial charge on any atom is -0.338 e. The van der Waals surface area contributed by atoms with E-state index in [0.717, 1.165) is 24.6 Å². The van der Waals surface area contributed by atoms with Crippen LogP contribution in [0.1, 0.15) is 23.7 Å². The Morgan fingerprint density at radius 2 is 2.29 bits per heavy atom. The summed E-state index contributed by atoms with van der Waals surface area (Å²) in [6.45, 7) is 3.51. The highest BCUT2D eigenvalue weighted by molar-refractivity contribution is 5.95. The van der Waals surface area contributed by atoms with Crippen molar-refractivity contribution in [3.8, 4) is 0 Å². The standard InChI is InChI=1S/C14H18FN3O3/c1-9-4-5-17(8-10(9)7-16)14(19)12-6-11(18(20)21)2-3-13(12)15/h2-3,6,9-10H,4-5,7-8,16H2,1H3. The van der Waals surface area contributed by atoms with Crippen molar-refractivity contribution in [3.63, 3.8) is 0 Å². The van der Waals surface area contributed by atoms with Gasteiger partial charge in [-0.25, -0.2) is 4.39 Å². The fraction of sp³-hybridized carbons (Fsp3) is 0.500. The summed E-state index contributed by atoms with van der Waals surface area (Å²) >= 11 is 0. The summed E-state index contributed by atoms with van der Waals surface area (Å²) in [6.07, 6.45) is 0.796. The highest BCUT2D eigenvalue weighted by atomic mass is 19.1. The first-order valence-electron chi connectivity index (χ1n) is 6.87. The van der Waals surface area contributed by atoms with E-state index in [9.17, 15) is 19.3 Å². The maximum atomic E-state index is 13.8. The van der Waals surface area contributed by atoms with E-state index in [4.69, 9.17) is 5.73 Å². The Bertz CT molecular complexity index is 564. The molecule has 1 heterocycles. The highest BCUT2D eigenvalue weighted by Crippen LogP contribution is 2.25. The van der Waals surface area contributed by atoms with Gasteiger partial charge >= 0.3 is 0 Å². The maximum Gasteiger partial charge on any atom is 0.270 e. The lowest BCUT2D eigenvalue weighted by molar-refractivity contribution is -0.384. The molecule has 6 nitrogen and oxygen atoms in total. The summed E-state index contributed by atoms with van der Waals surface area (Å²) in [6, 6.07) is 3.00. The zero-order chi connectivity index (χ0) is 15.6. The third-order valence-electron chi connectivity index (χ3n) is 4.10. The molecule has 1 aromatic carbocycles. The topological polar surface area (TPSA) is 89.5 Å². The van der Waals surface area contributed by atoms with Gasteiger partial charge in [-0.05, 0) is 30.9 Å². The molecule has 1 saturated heterocycles. The molecule has 2 rings (SSSR count). The molecule has 7 heteroatoms. The second-order valence-electron chi connectivity index (χ2n) is 5.43. The number of benzene rings is 1. The number of nitrogens with zero attached hydrogens (tertiary/aromatic N) is 2. The zero-order valence-electron chi connectivity index (χ0n) is 11.8. The van der Waals surface area contributed by atoms with Gasteiger partial charge in [0.15, 0.2) is 0 Å². The third kappa shape index (κ3) is 3.18. The van der Waals surface area contributed by atoms with E-state index in [1.165, 1.54) is 4.90 Å². The number of rotatable bonds is 3. The molecule has 21 heavy (non-hydrogen) atoms. The van der Waals surface area contributed by atoms with Crippen LogP contribution in [-0.4, -0.2) is 35.4 Å². The summed E-state index contributed by atoms with van der Waals surface area (Å²) in [4.78, 5) is 24.0. The number of hydrogen-bond acceptors (Lipinski definition) is 4. The molecule has 114 valence electrons. The number of nitro groups is 1. The van der Waals surface area contributed by atoms with Crippen molar-refractivity contribution in [2.75, 3.05) is 19.6 Å². The van der Waals surface area contributed by atoms with Crippen molar-refractivity contribution < 1.29 is 14.1 Å². The zero-order valence-corrected chi connectivity index (χ0v) is 11.8. The average molecular weight is 295 g/mol. The van der Waals surface area contributed by atoms with Gasteiger partial charge in [-0.2, -0.15) is 0 Å². The number of non-ortho nitro benzene ring substituents is 1. The van der Waals surface area contributed by atoms with Gasteiger partial charge in [0, 0.05) is 25.2 Å². The lowest BCUT2D eigenvalue weighted by Gasteiger charge is -2.36. The van der Waals surface area contributed by atoms with Crippen LogP contribution in [0.4, 0.5) is 10.1 Å². The molecular formula is C14H18FN3O3. The van der Waals surface area contributed by atoms with E-state index in [1.807, 2.05) is 0 Å². The first kappa shape index (κ1) is 15.4. The number of halogens is 1. The monoisotopic (exact) mass is 295 g/mol. The summed E-state index contributed by atoms with van der Waals surface area (Å²) < 4.78 is 13.8. The van der Waals surface area contributed by atoms with E-state index in [-0.39, 0.29) is 17.2 Å². The second-order valence-corrected chi connectivity index (χ2v) is 5.43. The van der Waals surface area contributed by atoms with Gasteiger partial charge in [-0.3, -0.25) is 14.9 Å². The van der Waals surface area contributed by atoms with Crippen molar-refractivity contribution in [3.05, 3.63) is 39.7 Å². The Morgan fingerprint density at radius 1 is 1.57 bits per heavy atom. The van der Waals surface area contributed by atoms with E-state index >= 15 is 0 Å². The van der Waals surface area contributed by atoms with Crippen molar-refractivity contribution in [1.29, 1.82) is 0 Å². The summed E-state index contributed by atoms with van der Waals surface area (Å²) in [5.41, 5.74) is 5.14. The van der Waals surface area contributed by atoms with Gasteiger partial charge in [0.1, 0.15) is 5.82 Å². The molecule has 1 aliphatic rings. The molecule has 1 fully saturated rings. The van der Waals surface area contributed by atoms with Crippen molar-refractivity contribution >= 4 is 11.6 Å². The molecule has 1 amide bonds. The summed E-state index contributed by atoms with van der Waals surface area (Å²) in [5.74, 6) is -0.673. The van der Waals surface area contributed by atoms with Gasteiger partial charge in [-0.1, -0.05) is 6.92 Å². The number of carbonyl (C=O) groups is 1. The van der Waals surface area contributed by atoms with Gasteiger partial charge < -0.3 is 10.6 Å². The molecule has 0 radical (unpaired) electrons. The van der Waals surface area contributed by atoms with Crippen molar-refractivity contribution in [2.45, 2.75) is 13.3 Å². The molecule has 0 aromatic heterocycles. The van der Waals surface area contributed by atoms with E-state index in [0.29, 0.717) is 25.6 Å². The molecule has 1 aromatic rings. The molecular weight excluding hydrogens is 277 g/mol. The number of nitrogens with two attached hydrogens (primary N) is 1. The van der Waals surface area contributed by atoms with Crippen molar-refractivity contribution in [2.24, 2.45) is 17.6 Å². The van der Waals surface area contributed by atoms with Crippen LogP contribution in [0.2, 0.25) is 0 Å². The molecule has 0 aliphatic carbocycles. The lowest BCUT2D eigenvalue weighted by Crippen LogP contribution is -2.45. The van der Waals surface area contributed by atoms with Gasteiger partial charge in [0.25, 0.3) is 11.6 Å². The summed E-state index contributed by atoms with van der Waals surface area (Å²) in [7, 11) is 0. The minimum atomic E-state index is -0.742. The number of amides is 1. The summed E-state index contributed by atoms with van der Waals surface area (Å²) in [5, 5.41) is 10.7. The van der Waals surface area contributed by atoms with E-state index in [1.54, 1.807) is 0 Å². The third-order valence-corrected chi connectivity index (χ3v) is 4.10. The normalized spacial score (nSPS) is 22.1. The molecule has 2 unspecified atom stereocenters. The average Bonchev–Trinajstić information content (AvgIpc) is 2.47. The Balaban J connectivity index is 2.24. The van der Waals surface area contributed by atoms with Crippen LogP contribution in [-0.2, 0) is 0 Å². The Morgan fingerprint density at radius 3 is 2.90 bits per heavy atom. The first-order chi connectivity index (χ1) is 9.93. The predicted molar refractivity (Wildman–Crippen MR) is 75.3 cm³/mol. The SMILES string of the molecule is CC1CCN(C(=O)c2cc([N+](=O)[O-])ccc2F)CC1CN. The maximum absolute atomic E-state index is 13.8. The van der Waals surface area contributed by atoms with E-state index in [2.05, 4.69) is 6.92 Å². The van der Waals surface area contributed by atoms with Gasteiger partial charge in [-0.15, -0.1) is 0 Å². The number of hydrogen-bond donors (Lipinski definition) is 1. The molecule has 2 N–H and O–H groups in total. The number of carbonyl (C=O) groups excluding carboxylic acids is 1. The highest BCUT2D eigenvalue weighted by Gasteiger charge is 2.30. The second kappa shape index (κ2) is 6.17. The molecule has 0 spiro atoms. The van der Waals surface area contributed by atoms with Crippen LogP contribution >= 0.6 is 0 Å². The Kier molecular flexibility index (Phi) is 4.52. The van der Waals surface area contributed by atoms with Gasteiger partial charge in [0.05, 0.1) is 10.5 Å². The largest absolute Gasteiger partial charge is 0.338 e. The van der Waals surface area contributed by atoms with Crippen LogP contribution < -0.4 is 5.73 Å². The van der Waals surface area contributed by atoms with Crippen molar-refractivity contribution in [1.82, 2.24) is 4.90 Å². The Labute approximate surface area is 121 Å². The van der Waals surface area contributed by atoms with Crippen LogP contribution in [0.15, 0.2) is 18.2 Å². The van der Waals surface area contributed by atoms with Crippen LogP contribution in [0.5, 0.6) is 0 Å². The molecule has 1 aliphatic heterocycles.